The van der Waals surface area contributed by atoms with Gasteiger partial charge in [0.05, 0.1) is 6.54 Å². The van der Waals surface area contributed by atoms with Crippen LogP contribution in [0.2, 0.25) is 0 Å². The Morgan fingerprint density at radius 3 is 2.84 bits per heavy atom. The Labute approximate surface area is 112 Å². The van der Waals surface area contributed by atoms with Gasteiger partial charge in [-0.15, -0.1) is 0 Å². The van der Waals surface area contributed by atoms with Crippen molar-refractivity contribution in [1.29, 1.82) is 0 Å². The predicted molar refractivity (Wildman–Crippen MR) is 72.4 cm³/mol. The quantitative estimate of drug-likeness (QED) is 0.595. The van der Waals surface area contributed by atoms with Gasteiger partial charge in [-0.3, -0.25) is 0 Å². The average molecular weight is 264 g/mol. The zero-order valence-corrected chi connectivity index (χ0v) is 11.6. The molecule has 0 spiro atoms. The van der Waals surface area contributed by atoms with Crippen molar-refractivity contribution in [1.82, 2.24) is 9.88 Å². The van der Waals surface area contributed by atoms with E-state index >= 15 is 0 Å². The van der Waals surface area contributed by atoms with Gasteiger partial charge in [-0.2, -0.15) is 0 Å². The highest BCUT2D eigenvalue weighted by Gasteiger charge is 2.25. The number of ether oxygens (including phenoxy) is 1. The topological polar surface area (TPSA) is 80.5 Å². The summed E-state index contributed by atoms with van der Waals surface area (Å²) in [4.78, 5) is 17.9. The Kier molecular flexibility index (Phi) is 3.61. The van der Waals surface area contributed by atoms with E-state index in [-0.39, 0.29) is 6.09 Å². The molecule has 1 aromatic heterocycles. The van der Waals surface area contributed by atoms with Crippen molar-refractivity contribution < 1.29 is 9.53 Å². The van der Waals surface area contributed by atoms with E-state index in [1.165, 1.54) is 5.56 Å². The highest BCUT2D eigenvalue weighted by Crippen LogP contribution is 2.22. The van der Waals surface area contributed by atoms with Crippen molar-refractivity contribution in [3.63, 3.8) is 0 Å². The minimum Gasteiger partial charge on any atom is -0.444 e. The standard InChI is InChI=1S/C13H20N4O2/c1-13(2,3)19-12(18)17-5-4-9-6-11(16-14)15-7-10(9)8-17/h6-7H,4-5,8,14H2,1-3H3,(H,15,16). The number of amides is 1. The van der Waals surface area contributed by atoms with E-state index in [0.29, 0.717) is 18.9 Å². The van der Waals surface area contributed by atoms with Crippen LogP contribution in [0.25, 0.3) is 0 Å². The number of fused-ring (bicyclic) bond motifs is 1. The molecular weight excluding hydrogens is 244 g/mol. The number of carbonyl (C=O) groups excluding carboxylic acids is 1. The first-order valence-corrected chi connectivity index (χ1v) is 6.31. The van der Waals surface area contributed by atoms with E-state index < -0.39 is 5.60 Å². The molecule has 104 valence electrons. The number of nitrogens with two attached hydrogens (primary N) is 1. The van der Waals surface area contributed by atoms with Crippen molar-refractivity contribution >= 4 is 11.9 Å². The molecule has 0 atom stereocenters. The van der Waals surface area contributed by atoms with Gasteiger partial charge in [0.2, 0.25) is 0 Å². The zero-order valence-electron chi connectivity index (χ0n) is 11.6. The molecular formula is C13H20N4O2. The first-order valence-electron chi connectivity index (χ1n) is 6.31. The number of hydrogen-bond acceptors (Lipinski definition) is 5. The predicted octanol–water partition coefficient (Wildman–Crippen LogP) is 1.66. The Bertz CT molecular complexity index is 482. The molecule has 0 fully saturated rings. The van der Waals surface area contributed by atoms with E-state index in [1.54, 1.807) is 11.1 Å². The van der Waals surface area contributed by atoms with Gasteiger partial charge in [-0.25, -0.2) is 15.6 Å². The number of hydrazine groups is 1. The largest absolute Gasteiger partial charge is 0.444 e. The first-order chi connectivity index (χ1) is 8.89. The van der Waals surface area contributed by atoms with Crippen LogP contribution in [0.15, 0.2) is 12.3 Å². The maximum absolute atomic E-state index is 12.0. The molecule has 0 saturated heterocycles. The van der Waals surface area contributed by atoms with Crippen LogP contribution in [0.5, 0.6) is 0 Å². The molecule has 1 aromatic rings. The smallest absolute Gasteiger partial charge is 0.410 e. The summed E-state index contributed by atoms with van der Waals surface area (Å²) in [7, 11) is 0. The molecule has 2 rings (SSSR count). The maximum atomic E-state index is 12.0. The summed E-state index contributed by atoms with van der Waals surface area (Å²) >= 11 is 0. The Morgan fingerprint density at radius 1 is 1.47 bits per heavy atom. The molecule has 0 aromatic carbocycles. The Balaban J connectivity index is 2.08. The minimum atomic E-state index is -0.469. The number of nitrogens with zero attached hydrogens (tertiary/aromatic N) is 2. The summed E-state index contributed by atoms with van der Waals surface area (Å²) in [6, 6.07) is 1.92. The van der Waals surface area contributed by atoms with Gasteiger partial charge >= 0.3 is 6.09 Å². The molecule has 1 aliphatic heterocycles. The summed E-state index contributed by atoms with van der Waals surface area (Å²) in [5, 5.41) is 0. The van der Waals surface area contributed by atoms with Gasteiger partial charge in [-0.1, -0.05) is 0 Å². The van der Waals surface area contributed by atoms with Gasteiger partial charge in [0, 0.05) is 12.7 Å². The van der Waals surface area contributed by atoms with E-state index in [1.807, 2.05) is 26.8 Å². The molecule has 0 saturated carbocycles. The monoisotopic (exact) mass is 264 g/mol. The summed E-state index contributed by atoms with van der Waals surface area (Å²) in [6.07, 6.45) is 2.26. The molecule has 3 N–H and O–H groups in total. The molecule has 19 heavy (non-hydrogen) atoms. The molecule has 6 nitrogen and oxygen atoms in total. The number of rotatable bonds is 1. The first kappa shape index (κ1) is 13.6. The molecule has 6 heteroatoms. The van der Waals surface area contributed by atoms with E-state index in [4.69, 9.17) is 10.6 Å². The number of hydrogen-bond donors (Lipinski definition) is 2. The second-order valence-corrected chi connectivity index (χ2v) is 5.63. The molecule has 1 amide bonds. The van der Waals surface area contributed by atoms with Gasteiger partial charge in [0.1, 0.15) is 11.4 Å². The number of pyridine rings is 1. The Hall–Kier alpha value is -1.82. The lowest BCUT2D eigenvalue weighted by Gasteiger charge is -2.31. The van der Waals surface area contributed by atoms with Crippen molar-refractivity contribution in [2.75, 3.05) is 12.0 Å². The van der Waals surface area contributed by atoms with Crippen molar-refractivity contribution in [2.45, 2.75) is 39.3 Å². The second kappa shape index (κ2) is 5.05. The van der Waals surface area contributed by atoms with Crippen LogP contribution in [0, 0.1) is 0 Å². The van der Waals surface area contributed by atoms with Crippen LogP contribution in [0.3, 0.4) is 0 Å². The molecule has 0 unspecified atom stereocenters. The van der Waals surface area contributed by atoms with Crippen molar-refractivity contribution in [3.05, 3.63) is 23.4 Å². The molecule has 1 aliphatic rings. The van der Waals surface area contributed by atoms with E-state index in [0.717, 1.165) is 12.0 Å². The number of carbonyl (C=O) groups is 1. The van der Waals surface area contributed by atoms with Crippen LogP contribution >= 0.6 is 0 Å². The lowest BCUT2D eigenvalue weighted by atomic mass is 10.0. The second-order valence-electron chi connectivity index (χ2n) is 5.63. The minimum absolute atomic E-state index is 0.279. The summed E-state index contributed by atoms with van der Waals surface area (Å²) in [6.45, 7) is 6.77. The fourth-order valence-corrected chi connectivity index (χ4v) is 2.00. The van der Waals surface area contributed by atoms with Crippen LogP contribution < -0.4 is 11.3 Å². The highest BCUT2D eigenvalue weighted by molar-refractivity contribution is 5.68. The third-order valence-corrected chi connectivity index (χ3v) is 2.89. The van der Waals surface area contributed by atoms with Crippen LogP contribution in [0.4, 0.5) is 10.6 Å². The van der Waals surface area contributed by atoms with E-state index in [2.05, 4.69) is 10.4 Å². The van der Waals surface area contributed by atoms with Gasteiger partial charge in [0.25, 0.3) is 0 Å². The van der Waals surface area contributed by atoms with Crippen molar-refractivity contribution in [3.8, 4) is 0 Å². The normalized spacial score (nSPS) is 14.8. The fraction of sp³-hybridized carbons (Fsp3) is 0.538. The average Bonchev–Trinajstić information content (AvgIpc) is 2.35. The molecule has 0 aliphatic carbocycles. The lowest BCUT2D eigenvalue weighted by molar-refractivity contribution is 0.0224. The number of nitrogen functional groups attached to an aromatic ring is 1. The van der Waals surface area contributed by atoms with E-state index in [9.17, 15) is 4.79 Å². The van der Waals surface area contributed by atoms with Gasteiger partial charge < -0.3 is 15.1 Å². The van der Waals surface area contributed by atoms with Crippen molar-refractivity contribution in [2.24, 2.45) is 5.84 Å². The summed E-state index contributed by atoms with van der Waals surface area (Å²) in [5.74, 6) is 5.97. The third-order valence-electron chi connectivity index (χ3n) is 2.89. The van der Waals surface area contributed by atoms with Crippen LogP contribution in [-0.2, 0) is 17.7 Å². The Morgan fingerprint density at radius 2 is 2.21 bits per heavy atom. The van der Waals surface area contributed by atoms with Gasteiger partial charge in [-0.05, 0) is 44.4 Å². The molecule has 0 radical (unpaired) electrons. The zero-order chi connectivity index (χ0) is 14.0. The lowest BCUT2D eigenvalue weighted by Crippen LogP contribution is -2.40. The fourth-order valence-electron chi connectivity index (χ4n) is 2.00. The number of anilines is 1. The van der Waals surface area contributed by atoms with Crippen LogP contribution in [0.1, 0.15) is 31.9 Å². The molecule has 2 heterocycles. The van der Waals surface area contributed by atoms with Gasteiger partial charge in [0.15, 0.2) is 0 Å². The highest BCUT2D eigenvalue weighted by atomic mass is 16.6. The summed E-state index contributed by atoms with van der Waals surface area (Å²) in [5.41, 5.74) is 4.26. The third kappa shape index (κ3) is 3.35. The maximum Gasteiger partial charge on any atom is 0.410 e. The van der Waals surface area contributed by atoms with Crippen LogP contribution in [-0.4, -0.2) is 28.1 Å². The summed E-state index contributed by atoms with van der Waals surface area (Å²) < 4.78 is 5.37. The molecule has 0 bridgehead atoms. The SMILES string of the molecule is CC(C)(C)OC(=O)N1CCc2cc(NN)ncc2C1. The number of aromatic nitrogens is 1. The number of nitrogens with one attached hydrogen (secondary N) is 1.